The Labute approximate surface area is 174 Å². The Kier molecular flexibility index (Phi) is 5.35. The summed E-state index contributed by atoms with van der Waals surface area (Å²) in [4.78, 5) is 23.6. The molecule has 2 heterocycles. The first-order chi connectivity index (χ1) is 14.5. The number of hydrogen-bond donors (Lipinski definition) is 0. The van der Waals surface area contributed by atoms with Gasteiger partial charge in [-0.1, -0.05) is 12.1 Å². The number of rotatable bonds is 3. The van der Waals surface area contributed by atoms with Crippen LogP contribution in [-0.2, 0) is 6.54 Å². The van der Waals surface area contributed by atoms with Gasteiger partial charge in [-0.05, 0) is 38.1 Å². The average molecular weight is 407 g/mol. The smallest absolute Gasteiger partial charge is 0.257 e. The Hall–Kier alpha value is -3.48. The summed E-state index contributed by atoms with van der Waals surface area (Å²) in [5.74, 6) is 0.235. The first-order valence-corrected chi connectivity index (χ1v) is 9.66. The van der Waals surface area contributed by atoms with Crippen molar-refractivity contribution in [1.29, 1.82) is 0 Å². The molecule has 0 unspecified atom stereocenters. The highest BCUT2D eigenvalue weighted by Crippen LogP contribution is 2.38. The van der Waals surface area contributed by atoms with Gasteiger partial charge in [0.1, 0.15) is 12.4 Å². The molecule has 7 heteroatoms. The van der Waals surface area contributed by atoms with Gasteiger partial charge in [-0.3, -0.25) is 9.78 Å². The van der Waals surface area contributed by atoms with Gasteiger partial charge in [0.2, 0.25) is 0 Å². The molecule has 1 amide bonds. The summed E-state index contributed by atoms with van der Waals surface area (Å²) in [6.45, 7) is 4.67. The molecule has 2 aromatic carbocycles. The second-order valence-electron chi connectivity index (χ2n) is 7.17. The third-order valence-corrected chi connectivity index (χ3v) is 5.06. The van der Waals surface area contributed by atoms with E-state index in [1.807, 2.05) is 26.0 Å². The molecule has 154 valence electrons. The Bertz CT molecular complexity index is 1120. The molecule has 0 saturated carbocycles. The molecule has 0 saturated heterocycles. The fourth-order valence-electron chi connectivity index (χ4n) is 3.56. The topological polar surface area (TPSA) is 64.6 Å². The van der Waals surface area contributed by atoms with E-state index in [1.165, 1.54) is 12.1 Å². The van der Waals surface area contributed by atoms with Crippen LogP contribution in [-0.4, -0.2) is 41.0 Å². The summed E-state index contributed by atoms with van der Waals surface area (Å²) in [6.07, 6.45) is 1.72. The fraction of sp³-hybridized carbons (Fsp3) is 0.261. The van der Waals surface area contributed by atoms with Crippen LogP contribution in [0.25, 0.3) is 11.3 Å². The van der Waals surface area contributed by atoms with Gasteiger partial charge in [-0.25, -0.2) is 9.37 Å². The Morgan fingerprint density at radius 3 is 2.80 bits per heavy atom. The summed E-state index contributed by atoms with van der Waals surface area (Å²) in [5.41, 5.74) is 3.97. The minimum Gasteiger partial charge on any atom is -0.493 e. The maximum Gasteiger partial charge on any atom is 0.257 e. The summed E-state index contributed by atoms with van der Waals surface area (Å²) >= 11 is 0. The summed E-state index contributed by atoms with van der Waals surface area (Å²) in [5, 5.41) is 0. The predicted octanol–water partition coefficient (Wildman–Crippen LogP) is 3.94. The number of amides is 1. The molecular formula is C23H22FN3O3. The van der Waals surface area contributed by atoms with E-state index in [4.69, 9.17) is 9.47 Å². The highest BCUT2D eigenvalue weighted by atomic mass is 19.1. The molecule has 3 aromatic rings. The Morgan fingerprint density at radius 1 is 1.23 bits per heavy atom. The minimum absolute atomic E-state index is 0.0458. The van der Waals surface area contributed by atoms with Crippen LogP contribution in [0.5, 0.6) is 11.5 Å². The highest BCUT2D eigenvalue weighted by Gasteiger charge is 2.26. The van der Waals surface area contributed by atoms with Gasteiger partial charge in [0.25, 0.3) is 5.91 Å². The number of benzene rings is 2. The van der Waals surface area contributed by atoms with Crippen molar-refractivity contribution < 1.29 is 18.7 Å². The second kappa shape index (κ2) is 8.10. The standard InChI is InChI=1S/C23H22FN3O3/c1-14-12-25-15(2)21(26-14)16-10-17-13-27(8-9-30-22(17)20(11-16)29-3)23(28)18-6-4-5-7-19(18)24/h4-7,10-12H,8-9,13H2,1-3H3. The van der Waals surface area contributed by atoms with Crippen LogP contribution in [0.3, 0.4) is 0 Å². The van der Waals surface area contributed by atoms with Crippen LogP contribution < -0.4 is 9.47 Å². The van der Waals surface area contributed by atoms with Gasteiger partial charge >= 0.3 is 0 Å². The molecule has 0 bridgehead atoms. The van der Waals surface area contributed by atoms with E-state index >= 15 is 0 Å². The number of carbonyl (C=O) groups excluding carboxylic acids is 1. The van der Waals surface area contributed by atoms with Crippen molar-refractivity contribution in [2.75, 3.05) is 20.3 Å². The zero-order valence-electron chi connectivity index (χ0n) is 17.1. The molecule has 0 aliphatic carbocycles. The molecule has 0 N–H and O–H groups in total. The Balaban J connectivity index is 1.76. The van der Waals surface area contributed by atoms with Gasteiger partial charge in [0, 0.05) is 23.9 Å². The quantitative estimate of drug-likeness (QED) is 0.658. The first kappa shape index (κ1) is 19.8. The van der Waals surface area contributed by atoms with Crippen molar-refractivity contribution in [3.63, 3.8) is 0 Å². The first-order valence-electron chi connectivity index (χ1n) is 9.66. The lowest BCUT2D eigenvalue weighted by molar-refractivity contribution is 0.0728. The van der Waals surface area contributed by atoms with Crippen LogP contribution in [0.1, 0.15) is 27.3 Å². The average Bonchev–Trinajstić information content (AvgIpc) is 2.97. The predicted molar refractivity (Wildman–Crippen MR) is 110 cm³/mol. The minimum atomic E-state index is -0.537. The van der Waals surface area contributed by atoms with Gasteiger partial charge in [-0.2, -0.15) is 0 Å². The van der Waals surface area contributed by atoms with E-state index in [9.17, 15) is 9.18 Å². The van der Waals surface area contributed by atoms with Gasteiger partial charge in [0.05, 0.1) is 36.3 Å². The van der Waals surface area contributed by atoms with E-state index in [0.717, 1.165) is 28.2 Å². The van der Waals surface area contributed by atoms with Crippen molar-refractivity contribution in [3.05, 3.63) is 70.9 Å². The van der Waals surface area contributed by atoms with Crippen molar-refractivity contribution in [2.45, 2.75) is 20.4 Å². The summed E-state index contributed by atoms with van der Waals surface area (Å²) in [6, 6.07) is 9.79. The number of ether oxygens (including phenoxy) is 2. The zero-order chi connectivity index (χ0) is 21.3. The lowest BCUT2D eigenvalue weighted by atomic mass is 10.0. The number of aromatic nitrogens is 2. The molecule has 30 heavy (non-hydrogen) atoms. The molecule has 0 fully saturated rings. The monoisotopic (exact) mass is 407 g/mol. The van der Waals surface area contributed by atoms with Gasteiger partial charge < -0.3 is 14.4 Å². The lowest BCUT2D eigenvalue weighted by Gasteiger charge is -2.20. The van der Waals surface area contributed by atoms with Gasteiger partial charge in [0.15, 0.2) is 11.5 Å². The zero-order valence-corrected chi connectivity index (χ0v) is 17.1. The number of carbonyl (C=O) groups is 1. The van der Waals surface area contributed by atoms with Crippen LogP contribution in [0.2, 0.25) is 0 Å². The fourth-order valence-corrected chi connectivity index (χ4v) is 3.56. The van der Waals surface area contributed by atoms with Gasteiger partial charge in [-0.15, -0.1) is 0 Å². The van der Waals surface area contributed by atoms with Crippen molar-refractivity contribution in [1.82, 2.24) is 14.9 Å². The number of hydrogen-bond acceptors (Lipinski definition) is 5. The molecule has 4 rings (SSSR count). The number of aryl methyl sites for hydroxylation is 2. The molecule has 1 aromatic heterocycles. The van der Waals surface area contributed by atoms with Crippen molar-refractivity contribution in [2.24, 2.45) is 0 Å². The summed E-state index contributed by atoms with van der Waals surface area (Å²) in [7, 11) is 1.57. The SMILES string of the molecule is COc1cc(-c2nc(C)cnc2C)cc2c1OCCN(C(=O)c1ccccc1F)C2. The maximum absolute atomic E-state index is 14.2. The molecule has 0 atom stereocenters. The van der Waals surface area contributed by atoms with Crippen LogP contribution in [0, 0.1) is 19.7 Å². The molecule has 0 spiro atoms. The molecule has 1 aliphatic heterocycles. The maximum atomic E-state index is 14.2. The molecule has 1 aliphatic rings. The largest absolute Gasteiger partial charge is 0.493 e. The summed E-state index contributed by atoms with van der Waals surface area (Å²) < 4.78 is 25.6. The third kappa shape index (κ3) is 3.70. The number of halogens is 1. The molecule has 6 nitrogen and oxygen atoms in total. The van der Waals surface area contributed by atoms with E-state index < -0.39 is 5.82 Å². The molecule has 0 radical (unpaired) electrons. The number of fused-ring (bicyclic) bond motifs is 1. The van der Waals surface area contributed by atoms with Crippen LogP contribution in [0.4, 0.5) is 4.39 Å². The normalized spacial score (nSPS) is 13.3. The molecular weight excluding hydrogens is 385 g/mol. The van der Waals surface area contributed by atoms with Crippen molar-refractivity contribution in [3.8, 4) is 22.8 Å². The Morgan fingerprint density at radius 2 is 2.03 bits per heavy atom. The van der Waals surface area contributed by atoms with Crippen LogP contribution in [0.15, 0.2) is 42.6 Å². The highest BCUT2D eigenvalue weighted by molar-refractivity contribution is 5.94. The van der Waals surface area contributed by atoms with E-state index in [1.54, 1.807) is 30.3 Å². The van der Waals surface area contributed by atoms with E-state index in [-0.39, 0.29) is 24.6 Å². The lowest BCUT2D eigenvalue weighted by Crippen LogP contribution is -2.33. The van der Waals surface area contributed by atoms with E-state index in [0.29, 0.717) is 18.0 Å². The third-order valence-electron chi connectivity index (χ3n) is 5.06. The number of methoxy groups -OCH3 is 1. The van der Waals surface area contributed by atoms with E-state index in [2.05, 4.69) is 9.97 Å². The number of nitrogens with zero attached hydrogens (tertiary/aromatic N) is 3. The van der Waals surface area contributed by atoms with Crippen molar-refractivity contribution >= 4 is 5.91 Å². The van der Waals surface area contributed by atoms with Crippen LogP contribution >= 0.6 is 0 Å². The second-order valence-corrected chi connectivity index (χ2v) is 7.17.